The molecule has 0 spiro atoms. The third-order valence-corrected chi connectivity index (χ3v) is 11.5. The summed E-state index contributed by atoms with van der Waals surface area (Å²) in [5.74, 6) is 0.923. The molecule has 4 rings (SSSR count). The molecule has 4 nitrogen and oxygen atoms in total. The standard InChI is InChI=1S/C30H44O4/c1-18(9-8-10-19(2)26(33)34)20-11-16-30(7)25-21(12-15-29(20,30)6)28(5)14-13-24(32)27(3,4)23(28)17-22(25)31/h10,18,20,23H,8-9,11-17H2,1-7H3,(H,33,34)/b19-10-/t18-,20-,23-,28+,29-,30+/m0/s1. The van der Waals surface area contributed by atoms with Crippen molar-refractivity contribution in [3.05, 3.63) is 22.8 Å². The Balaban J connectivity index is 1.66. The van der Waals surface area contributed by atoms with E-state index in [-0.39, 0.29) is 22.2 Å². The van der Waals surface area contributed by atoms with Crippen LogP contribution in [0, 0.1) is 39.4 Å². The Hall–Kier alpha value is -1.71. The van der Waals surface area contributed by atoms with Crippen molar-refractivity contribution in [3.63, 3.8) is 0 Å². The molecule has 188 valence electrons. The third-order valence-electron chi connectivity index (χ3n) is 11.5. The number of carboxylic acids is 1. The fourth-order valence-corrected chi connectivity index (χ4v) is 8.97. The zero-order chi connectivity index (χ0) is 25.3. The van der Waals surface area contributed by atoms with E-state index in [1.165, 1.54) is 5.57 Å². The quantitative estimate of drug-likeness (QED) is 0.444. The Kier molecular flexibility index (Phi) is 6.10. The van der Waals surface area contributed by atoms with Crippen LogP contribution in [0.3, 0.4) is 0 Å². The summed E-state index contributed by atoms with van der Waals surface area (Å²) in [6, 6.07) is 0. The molecule has 0 amide bonds. The molecule has 4 aliphatic carbocycles. The average molecular weight is 469 g/mol. The van der Waals surface area contributed by atoms with Crippen LogP contribution >= 0.6 is 0 Å². The van der Waals surface area contributed by atoms with Crippen LogP contribution in [0.2, 0.25) is 0 Å². The summed E-state index contributed by atoms with van der Waals surface area (Å²) < 4.78 is 0. The molecule has 1 N–H and O–H groups in total. The second-order valence-electron chi connectivity index (χ2n) is 13.2. The Bertz CT molecular complexity index is 984. The number of carboxylic acid groups (broad SMARTS) is 1. The molecule has 4 heteroatoms. The molecular formula is C30H44O4. The maximum Gasteiger partial charge on any atom is 0.330 e. The maximum atomic E-state index is 13.9. The van der Waals surface area contributed by atoms with Crippen molar-refractivity contribution in [2.24, 2.45) is 39.4 Å². The van der Waals surface area contributed by atoms with Gasteiger partial charge in [0.25, 0.3) is 0 Å². The summed E-state index contributed by atoms with van der Waals surface area (Å²) >= 11 is 0. The molecule has 0 heterocycles. The van der Waals surface area contributed by atoms with Crippen molar-refractivity contribution < 1.29 is 19.5 Å². The number of carbonyl (C=O) groups excluding carboxylic acids is 2. The molecule has 2 fully saturated rings. The first-order valence-corrected chi connectivity index (χ1v) is 13.4. The second-order valence-corrected chi connectivity index (χ2v) is 13.2. The van der Waals surface area contributed by atoms with Gasteiger partial charge in [0.2, 0.25) is 0 Å². The van der Waals surface area contributed by atoms with Gasteiger partial charge >= 0.3 is 5.97 Å². The van der Waals surface area contributed by atoms with Gasteiger partial charge in [-0.1, -0.05) is 53.2 Å². The molecule has 6 atom stereocenters. The van der Waals surface area contributed by atoms with Crippen molar-refractivity contribution in [3.8, 4) is 0 Å². The fraction of sp³-hybridized carbons (Fsp3) is 0.767. The molecule has 2 saturated carbocycles. The second kappa shape index (κ2) is 8.17. The molecule has 34 heavy (non-hydrogen) atoms. The van der Waals surface area contributed by atoms with Gasteiger partial charge in [0.05, 0.1) is 0 Å². The maximum absolute atomic E-state index is 13.9. The summed E-state index contributed by atoms with van der Waals surface area (Å²) in [7, 11) is 0. The summed E-state index contributed by atoms with van der Waals surface area (Å²) in [6.45, 7) is 15.3. The molecule has 0 unspecified atom stereocenters. The van der Waals surface area contributed by atoms with Crippen LogP contribution in [0.15, 0.2) is 22.8 Å². The lowest BCUT2D eigenvalue weighted by molar-refractivity contribution is -0.142. The lowest BCUT2D eigenvalue weighted by Crippen LogP contribution is -2.56. The number of Topliss-reactive ketones (excluding diaryl/α,β-unsaturated/α-hetero) is 2. The van der Waals surface area contributed by atoms with Crippen LogP contribution in [0.1, 0.15) is 106 Å². The van der Waals surface area contributed by atoms with Gasteiger partial charge in [0.15, 0.2) is 5.78 Å². The van der Waals surface area contributed by atoms with Crippen LogP contribution < -0.4 is 0 Å². The third kappa shape index (κ3) is 3.41. The molecule has 0 aliphatic heterocycles. The predicted octanol–water partition coefficient (Wildman–Crippen LogP) is 6.93. The van der Waals surface area contributed by atoms with E-state index in [0.717, 1.165) is 50.5 Å². The normalized spacial score (nSPS) is 40.5. The van der Waals surface area contributed by atoms with E-state index in [4.69, 9.17) is 5.11 Å². The van der Waals surface area contributed by atoms with E-state index >= 15 is 0 Å². The highest BCUT2D eigenvalue weighted by Crippen LogP contribution is 2.71. The van der Waals surface area contributed by atoms with Gasteiger partial charge in [-0.05, 0) is 80.5 Å². The summed E-state index contributed by atoms with van der Waals surface area (Å²) in [5, 5.41) is 9.15. The highest BCUT2D eigenvalue weighted by molar-refractivity contribution is 6.00. The minimum atomic E-state index is -0.838. The minimum absolute atomic E-state index is 0.0478. The number of aliphatic carboxylic acids is 1. The Morgan fingerprint density at radius 3 is 2.41 bits per heavy atom. The zero-order valence-corrected chi connectivity index (χ0v) is 22.3. The van der Waals surface area contributed by atoms with Gasteiger partial charge in [0.1, 0.15) is 5.78 Å². The number of allylic oxidation sites excluding steroid dienone is 3. The lowest BCUT2D eigenvalue weighted by Gasteiger charge is -2.60. The van der Waals surface area contributed by atoms with Gasteiger partial charge in [-0.15, -0.1) is 0 Å². The summed E-state index contributed by atoms with van der Waals surface area (Å²) in [5.41, 5.74) is 2.44. The van der Waals surface area contributed by atoms with Crippen molar-refractivity contribution in [2.45, 2.75) is 106 Å². The van der Waals surface area contributed by atoms with Gasteiger partial charge in [-0.3, -0.25) is 9.59 Å². The Morgan fingerprint density at radius 2 is 1.76 bits per heavy atom. The van der Waals surface area contributed by atoms with Gasteiger partial charge in [0, 0.05) is 34.8 Å². The smallest absolute Gasteiger partial charge is 0.330 e. The van der Waals surface area contributed by atoms with E-state index in [9.17, 15) is 14.4 Å². The fourth-order valence-electron chi connectivity index (χ4n) is 8.97. The molecule has 0 aromatic rings. The molecule has 0 bridgehead atoms. The zero-order valence-electron chi connectivity index (χ0n) is 22.3. The molecular weight excluding hydrogens is 424 g/mol. The largest absolute Gasteiger partial charge is 0.478 e. The summed E-state index contributed by atoms with van der Waals surface area (Å²) in [4.78, 5) is 37.8. The number of ketones is 2. The minimum Gasteiger partial charge on any atom is -0.478 e. The SMILES string of the molecule is C/C(=C/CC[C@H](C)[C@@H]1CC[C@]2(C)C3=C(CC[C@@]12C)[C@@]1(C)CCC(=O)C(C)(C)[C@@H]1CC3=O)C(=O)O. The number of fused-ring (bicyclic) bond motifs is 4. The highest BCUT2D eigenvalue weighted by atomic mass is 16.4. The van der Waals surface area contributed by atoms with Crippen molar-refractivity contribution in [2.75, 3.05) is 0 Å². The first-order chi connectivity index (χ1) is 15.7. The van der Waals surface area contributed by atoms with Crippen molar-refractivity contribution >= 4 is 17.5 Å². The molecule has 0 radical (unpaired) electrons. The molecule has 0 saturated heterocycles. The van der Waals surface area contributed by atoms with Crippen molar-refractivity contribution in [1.82, 2.24) is 0 Å². The monoisotopic (exact) mass is 468 g/mol. The highest BCUT2D eigenvalue weighted by Gasteiger charge is 2.65. The first kappa shape index (κ1) is 25.4. The van der Waals surface area contributed by atoms with Crippen LogP contribution in [-0.4, -0.2) is 22.6 Å². The number of hydrogen-bond acceptors (Lipinski definition) is 3. The Morgan fingerprint density at radius 1 is 1.09 bits per heavy atom. The number of carbonyl (C=O) groups is 3. The molecule has 0 aromatic carbocycles. The van der Waals surface area contributed by atoms with Crippen LogP contribution in [0.5, 0.6) is 0 Å². The van der Waals surface area contributed by atoms with E-state index in [2.05, 4.69) is 41.5 Å². The lowest BCUT2D eigenvalue weighted by atomic mass is 9.43. The van der Waals surface area contributed by atoms with E-state index in [1.807, 2.05) is 6.08 Å². The van der Waals surface area contributed by atoms with Gasteiger partial charge in [-0.2, -0.15) is 0 Å². The molecule has 4 aliphatic rings. The number of hydrogen-bond donors (Lipinski definition) is 1. The first-order valence-electron chi connectivity index (χ1n) is 13.4. The Labute approximate surface area is 205 Å². The summed E-state index contributed by atoms with van der Waals surface area (Å²) in [6.07, 6.45) is 9.91. The van der Waals surface area contributed by atoms with Gasteiger partial charge < -0.3 is 5.11 Å². The van der Waals surface area contributed by atoms with Gasteiger partial charge in [-0.25, -0.2) is 4.79 Å². The molecule has 0 aromatic heterocycles. The van der Waals surface area contributed by atoms with Crippen LogP contribution in [0.25, 0.3) is 0 Å². The van der Waals surface area contributed by atoms with Crippen LogP contribution in [-0.2, 0) is 14.4 Å². The van der Waals surface area contributed by atoms with E-state index in [1.54, 1.807) is 6.92 Å². The van der Waals surface area contributed by atoms with Crippen LogP contribution in [0.4, 0.5) is 0 Å². The average Bonchev–Trinajstić information content (AvgIpc) is 3.04. The number of rotatable bonds is 5. The van der Waals surface area contributed by atoms with Crippen molar-refractivity contribution in [1.29, 1.82) is 0 Å². The van der Waals surface area contributed by atoms with E-state index in [0.29, 0.717) is 41.8 Å². The predicted molar refractivity (Wildman–Crippen MR) is 134 cm³/mol. The topological polar surface area (TPSA) is 71.4 Å². The van der Waals surface area contributed by atoms with E-state index < -0.39 is 11.4 Å².